The van der Waals surface area contributed by atoms with Crippen LogP contribution in [0.5, 0.6) is 0 Å². The van der Waals surface area contributed by atoms with Crippen LogP contribution in [0.3, 0.4) is 0 Å². The number of alkyl halides is 3. The van der Waals surface area contributed by atoms with Crippen LogP contribution in [0.4, 0.5) is 13.2 Å². The molecule has 1 atom stereocenters. The SMILES string of the molecule is N=C(N1CC(c2ccccc2)C(c2ccc(Cl)cc2)=N1)N(CC(F)(F)F)S(=O)(=O)c1ccc(Cl)cc1. The largest absolute Gasteiger partial charge is 0.407 e. The van der Waals surface area contributed by atoms with Crippen LogP contribution in [0.15, 0.2) is 88.9 Å². The second kappa shape index (κ2) is 10.1. The van der Waals surface area contributed by atoms with Crippen molar-refractivity contribution >= 4 is 44.9 Å². The molecule has 0 spiro atoms. The number of halogens is 5. The molecule has 36 heavy (non-hydrogen) atoms. The van der Waals surface area contributed by atoms with Gasteiger partial charge in [0, 0.05) is 16.0 Å². The lowest BCUT2D eigenvalue weighted by Gasteiger charge is -2.29. The molecule has 0 aromatic heterocycles. The smallest absolute Gasteiger partial charge is 0.267 e. The molecule has 0 saturated carbocycles. The van der Waals surface area contributed by atoms with Crippen LogP contribution in [0, 0.1) is 5.41 Å². The van der Waals surface area contributed by atoms with Gasteiger partial charge in [0.15, 0.2) is 0 Å². The summed E-state index contributed by atoms with van der Waals surface area (Å²) >= 11 is 11.8. The van der Waals surface area contributed by atoms with E-state index in [1.807, 2.05) is 30.3 Å². The van der Waals surface area contributed by atoms with E-state index in [1.54, 1.807) is 24.3 Å². The predicted octanol–water partition coefficient (Wildman–Crippen LogP) is 5.98. The summed E-state index contributed by atoms with van der Waals surface area (Å²) in [6.07, 6.45) is -4.91. The zero-order valence-corrected chi connectivity index (χ0v) is 20.8. The maximum atomic E-state index is 13.5. The molecule has 0 amide bonds. The van der Waals surface area contributed by atoms with Crippen molar-refractivity contribution in [1.82, 2.24) is 9.31 Å². The van der Waals surface area contributed by atoms with Gasteiger partial charge < -0.3 is 0 Å². The van der Waals surface area contributed by atoms with Crippen molar-refractivity contribution in [2.45, 2.75) is 17.0 Å². The van der Waals surface area contributed by atoms with Gasteiger partial charge in [-0.25, -0.2) is 17.7 Å². The molecule has 6 nitrogen and oxygen atoms in total. The molecular formula is C24H19Cl2F3N4O2S. The standard InChI is InChI=1S/C24H19Cl2F3N4O2S/c25-18-8-6-17(7-9-18)22-21(16-4-2-1-3-5-16)14-32(31-22)23(30)33(15-24(27,28)29)36(34,35)20-12-10-19(26)11-13-20/h1-13,21,30H,14-15H2. The highest BCUT2D eigenvalue weighted by atomic mass is 35.5. The summed E-state index contributed by atoms with van der Waals surface area (Å²) in [5.41, 5.74) is 1.93. The van der Waals surface area contributed by atoms with Gasteiger partial charge in [-0.3, -0.25) is 5.41 Å². The monoisotopic (exact) mass is 554 g/mol. The van der Waals surface area contributed by atoms with E-state index in [0.29, 0.717) is 16.3 Å². The Hall–Kier alpha value is -3.08. The molecule has 1 unspecified atom stereocenters. The maximum absolute atomic E-state index is 13.5. The van der Waals surface area contributed by atoms with Gasteiger partial charge in [0.25, 0.3) is 10.0 Å². The summed E-state index contributed by atoms with van der Waals surface area (Å²) in [7, 11) is -4.76. The quantitative estimate of drug-likeness (QED) is 0.311. The third kappa shape index (κ3) is 5.66. The average molecular weight is 555 g/mol. The predicted molar refractivity (Wildman–Crippen MR) is 133 cm³/mol. The van der Waals surface area contributed by atoms with Crippen molar-refractivity contribution in [2.75, 3.05) is 13.1 Å². The summed E-state index contributed by atoms with van der Waals surface area (Å²) in [6.45, 7) is -1.93. The second-order valence-electron chi connectivity index (χ2n) is 7.94. The van der Waals surface area contributed by atoms with Crippen molar-refractivity contribution in [1.29, 1.82) is 5.41 Å². The lowest BCUT2D eigenvalue weighted by Crippen LogP contribution is -2.48. The fourth-order valence-electron chi connectivity index (χ4n) is 3.76. The van der Waals surface area contributed by atoms with E-state index in [0.717, 1.165) is 22.7 Å². The summed E-state index contributed by atoms with van der Waals surface area (Å²) < 4.78 is 66.9. The minimum atomic E-state index is -4.91. The number of sulfonamides is 1. The van der Waals surface area contributed by atoms with Gasteiger partial charge in [0.2, 0.25) is 5.96 Å². The van der Waals surface area contributed by atoms with Gasteiger partial charge in [-0.05, 0) is 47.5 Å². The summed E-state index contributed by atoms with van der Waals surface area (Å²) in [4.78, 5) is -0.429. The summed E-state index contributed by atoms with van der Waals surface area (Å²) in [6, 6.07) is 20.5. The summed E-state index contributed by atoms with van der Waals surface area (Å²) in [5, 5.41) is 14.6. The normalized spacial score (nSPS) is 16.1. The number of nitrogens with zero attached hydrogens (tertiary/aromatic N) is 3. The zero-order valence-electron chi connectivity index (χ0n) is 18.5. The van der Waals surface area contributed by atoms with E-state index in [4.69, 9.17) is 28.6 Å². The highest BCUT2D eigenvalue weighted by Gasteiger charge is 2.42. The Labute approximate surface area is 216 Å². The van der Waals surface area contributed by atoms with Crippen LogP contribution < -0.4 is 0 Å². The van der Waals surface area contributed by atoms with Gasteiger partial charge in [0.1, 0.15) is 6.54 Å². The molecule has 0 fully saturated rings. The van der Waals surface area contributed by atoms with E-state index < -0.39 is 39.5 Å². The van der Waals surface area contributed by atoms with Gasteiger partial charge in [-0.2, -0.15) is 18.3 Å². The fourth-order valence-corrected chi connectivity index (χ4v) is 5.39. The topological polar surface area (TPSA) is 76.8 Å². The third-order valence-corrected chi connectivity index (χ3v) is 7.72. The lowest BCUT2D eigenvalue weighted by molar-refractivity contribution is -0.131. The number of hydrogen-bond acceptors (Lipinski definition) is 4. The van der Waals surface area contributed by atoms with E-state index >= 15 is 0 Å². The molecule has 1 heterocycles. The molecule has 3 aromatic carbocycles. The molecule has 0 bridgehead atoms. The molecular weight excluding hydrogens is 536 g/mol. The Morgan fingerprint density at radius 2 is 1.53 bits per heavy atom. The second-order valence-corrected chi connectivity index (χ2v) is 10.7. The maximum Gasteiger partial charge on any atom is 0.407 e. The fraction of sp³-hybridized carbons (Fsp3) is 0.167. The molecule has 4 rings (SSSR count). The summed E-state index contributed by atoms with van der Waals surface area (Å²) in [5.74, 6) is -1.36. The Balaban J connectivity index is 1.75. The molecule has 3 aromatic rings. The molecule has 1 aliphatic rings. The molecule has 12 heteroatoms. The van der Waals surface area contributed by atoms with Crippen LogP contribution in [0.25, 0.3) is 0 Å². The molecule has 0 saturated heterocycles. The molecule has 188 valence electrons. The van der Waals surface area contributed by atoms with Gasteiger partial charge in [-0.15, -0.1) is 0 Å². The van der Waals surface area contributed by atoms with Crippen LogP contribution in [-0.4, -0.2) is 48.7 Å². The van der Waals surface area contributed by atoms with Crippen LogP contribution >= 0.6 is 23.2 Å². The van der Waals surface area contributed by atoms with Gasteiger partial charge in [0.05, 0.1) is 17.2 Å². The van der Waals surface area contributed by atoms with Crippen molar-refractivity contribution in [2.24, 2.45) is 5.10 Å². The van der Waals surface area contributed by atoms with Crippen molar-refractivity contribution in [3.63, 3.8) is 0 Å². The number of rotatable bonds is 5. The van der Waals surface area contributed by atoms with Crippen molar-refractivity contribution in [3.05, 3.63) is 100 Å². The van der Waals surface area contributed by atoms with E-state index in [2.05, 4.69) is 5.10 Å². The van der Waals surface area contributed by atoms with Crippen molar-refractivity contribution < 1.29 is 21.6 Å². The Morgan fingerprint density at radius 3 is 2.08 bits per heavy atom. The Morgan fingerprint density at radius 1 is 0.972 bits per heavy atom. The van der Waals surface area contributed by atoms with Gasteiger partial charge >= 0.3 is 6.18 Å². The third-order valence-electron chi connectivity index (χ3n) is 5.46. The van der Waals surface area contributed by atoms with Crippen LogP contribution in [0.2, 0.25) is 10.0 Å². The minimum Gasteiger partial charge on any atom is -0.267 e. The van der Waals surface area contributed by atoms with Crippen LogP contribution in [0.1, 0.15) is 17.0 Å². The molecule has 1 N–H and O–H groups in total. The number of guanidine groups is 1. The Kier molecular flexibility index (Phi) is 7.31. The number of hydrazone groups is 1. The Bertz CT molecular complexity index is 1380. The van der Waals surface area contributed by atoms with E-state index in [9.17, 15) is 21.6 Å². The molecule has 0 radical (unpaired) electrons. The van der Waals surface area contributed by atoms with Crippen LogP contribution in [-0.2, 0) is 10.0 Å². The number of hydrogen-bond donors (Lipinski definition) is 1. The lowest BCUT2D eigenvalue weighted by atomic mass is 9.91. The first-order chi connectivity index (χ1) is 17.0. The van der Waals surface area contributed by atoms with Gasteiger partial charge in [-0.1, -0.05) is 65.7 Å². The number of benzene rings is 3. The first-order valence-electron chi connectivity index (χ1n) is 10.6. The molecule has 1 aliphatic heterocycles. The first kappa shape index (κ1) is 26.0. The zero-order chi connectivity index (χ0) is 26.1. The highest BCUT2D eigenvalue weighted by Crippen LogP contribution is 2.32. The number of nitrogens with one attached hydrogen (secondary N) is 1. The minimum absolute atomic E-state index is 0.00654. The average Bonchev–Trinajstić information content (AvgIpc) is 3.28. The van der Waals surface area contributed by atoms with Crippen molar-refractivity contribution in [3.8, 4) is 0 Å². The highest BCUT2D eigenvalue weighted by molar-refractivity contribution is 7.89. The molecule has 0 aliphatic carbocycles. The van der Waals surface area contributed by atoms with E-state index in [1.165, 1.54) is 12.1 Å². The van der Waals surface area contributed by atoms with E-state index in [-0.39, 0.29) is 15.9 Å². The first-order valence-corrected chi connectivity index (χ1v) is 12.8.